The molecule has 2 aromatic heterocycles. The number of anilines is 2. The Morgan fingerprint density at radius 2 is 2.03 bits per heavy atom. The first kappa shape index (κ1) is 22.1. The lowest BCUT2D eigenvalue weighted by molar-refractivity contribution is -0.126. The van der Waals surface area contributed by atoms with E-state index in [0.29, 0.717) is 24.8 Å². The van der Waals surface area contributed by atoms with Gasteiger partial charge in [0, 0.05) is 31.7 Å². The SMILES string of the molecule is CCCNc1nc(SC)nc2c1cnn2CCNC(=O)C1CC(=O)N(c2ccccc2)C1. The first-order chi connectivity index (χ1) is 15.6. The van der Waals surface area contributed by atoms with E-state index >= 15 is 0 Å². The van der Waals surface area contributed by atoms with Gasteiger partial charge in [0.15, 0.2) is 10.8 Å². The van der Waals surface area contributed by atoms with E-state index in [1.165, 1.54) is 11.8 Å². The van der Waals surface area contributed by atoms with Gasteiger partial charge in [-0.2, -0.15) is 5.10 Å². The van der Waals surface area contributed by atoms with Crippen LogP contribution in [0.15, 0.2) is 41.7 Å². The van der Waals surface area contributed by atoms with E-state index in [1.807, 2.05) is 36.6 Å². The number of carbonyl (C=O) groups is 2. The lowest BCUT2D eigenvalue weighted by atomic mass is 10.1. The normalized spacial score (nSPS) is 16.0. The van der Waals surface area contributed by atoms with Crippen LogP contribution < -0.4 is 15.5 Å². The van der Waals surface area contributed by atoms with E-state index in [1.54, 1.807) is 15.8 Å². The van der Waals surface area contributed by atoms with E-state index in [-0.39, 0.29) is 24.2 Å². The van der Waals surface area contributed by atoms with Crippen LogP contribution in [0.25, 0.3) is 11.0 Å². The predicted molar refractivity (Wildman–Crippen MR) is 126 cm³/mol. The molecule has 3 aromatic rings. The van der Waals surface area contributed by atoms with Crippen molar-refractivity contribution < 1.29 is 9.59 Å². The van der Waals surface area contributed by atoms with Crippen molar-refractivity contribution >= 4 is 46.1 Å². The van der Waals surface area contributed by atoms with Gasteiger partial charge in [-0.1, -0.05) is 36.9 Å². The molecule has 1 aliphatic rings. The third-order valence-electron chi connectivity index (χ3n) is 5.39. The fraction of sp³-hybridized carbons (Fsp3) is 0.409. The third-order valence-corrected chi connectivity index (χ3v) is 5.93. The highest BCUT2D eigenvalue weighted by atomic mass is 32.2. The predicted octanol–water partition coefficient (Wildman–Crippen LogP) is 2.54. The number of aromatic nitrogens is 4. The average molecular weight is 454 g/mol. The summed E-state index contributed by atoms with van der Waals surface area (Å²) in [5, 5.41) is 12.3. The molecule has 0 saturated carbocycles. The third kappa shape index (κ3) is 4.69. The molecule has 0 aliphatic carbocycles. The zero-order chi connectivity index (χ0) is 22.5. The summed E-state index contributed by atoms with van der Waals surface area (Å²) < 4.78 is 1.78. The van der Waals surface area contributed by atoms with Crippen LogP contribution in [0.2, 0.25) is 0 Å². The zero-order valence-corrected chi connectivity index (χ0v) is 19.1. The Bertz CT molecular complexity index is 1100. The number of benzene rings is 1. The molecule has 168 valence electrons. The van der Waals surface area contributed by atoms with Crippen LogP contribution in [-0.4, -0.2) is 57.5 Å². The number of carbonyl (C=O) groups excluding carboxylic acids is 2. The van der Waals surface area contributed by atoms with Gasteiger partial charge >= 0.3 is 0 Å². The average Bonchev–Trinajstić information content (AvgIpc) is 3.41. The highest BCUT2D eigenvalue weighted by Crippen LogP contribution is 2.25. The molecule has 4 rings (SSSR count). The molecular weight excluding hydrogens is 426 g/mol. The molecule has 3 heterocycles. The minimum Gasteiger partial charge on any atom is -0.369 e. The van der Waals surface area contributed by atoms with E-state index in [2.05, 4.69) is 32.6 Å². The van der Waals surface area contributed by atoms with Gasteiger partial charge in [0.1, 0.15) is 5.82 Å². The van der Waals surface area contributed by atoms with Crippen molar-refractivity contribution in [3.05, 3.63) is 36.5 Å². The summed E-state index contributed by atoms with van der Waals surface area (Å²) in [6, 6.07) is 9.45. The minimum atomic E-state index is -0.354. The molecule has 1 aliphatic heterocycles. The number of nitrogens with zero attached hydrogens (tertiary/aromatic N) is 5. The topological polar surface area (TPSA) is 105 Å². The largest absolute Gasteiger partial charge is 0.369 e. The quantitative estimate of drug-likeness (QED) is 0.379. The zero-order valence-electron chi connectivity index (χ0n) is 18.2. The summed E-state index contributed by atoms with van der Waals surface area (Å²) in [4.78, 5) is 35.9. The van der Waals surface area contributed by atoms with E-state index < -0.39 is 0 Å². The molecule has 2 amide bonds. The Labute approximate surface area is 191 Å². The van der Waals surface area contributed by atoms with Gasteiger partial charge in [-0.3, -0.25) is 9.59 Å². The van der Waals surface area contributed by atoms with Crippen molar-refractivity contribution in [3.63, 3.8) is 0 Å². The molecule has 32 heavy (non-hydrogen) atoms. The second kappa shape index (κ2) is 9.99. The van der Waals surface area contributed by atoms with Crippen molar-refractivity contribution in [3.8, 4) is 0 Å². The van der Waals surface area contributed by atoms with Gasteiger partial charge in [-0.05, 0) is 24.8 Å². The highest BCUT2D eigenvalue weighted by molar-refractivity contribution is 7.98. The maximum atomic E-state index is 12.7. The van der Waals surface area contributed by atoms with Crippen LogP contribution in [-0.2, 0) is 16.1 Å². The molecule has 1 aromatic carbocycles. The molecule has 10 heteroatoms. The van der Waals surface area contributed by atoms with Crippen LogP contribution >= 0.6 is 11.8 Å². The maximum Gasteiger partial charge on any atom is 0.227 e. The molecule has 0 radical (unpaired) electrons. The van der Waals surface area contributed by atoms with E-state index in [0.717, 1.165) is 35.5 Å². The van der Waals surface area contributed by atoms with Gasteiger partial charge in [-0.25, -0.2) is 14.6 Å². The second-order valence-corrected chi connectivity index (χ2v) is 8.40. The van der Waals surface area contributed by atoms with Gasteiger partial charge in [0.25, 0.3) is 0 Å². The van der Waals surface area contributed by atoms with Crippen LogP contribution in [0.3, 0.4) is 0 Å². The Morgan fingerprint density at radius 1 is 1.22 bits per heavy atom. The summed E-state index contributed by atoms with van der Waals surface area (Å²) >= 11 is 1.48. The van der Waals surface area contributed by atoms with Gasteiger partial charge in [0.05, 0.1) is 24.0 Å². The molecule has 1 unspecified atom stereocenters. The van der Waals surface area contributed by atoms with Gasteiger partial charge in [-0.15, -0.1) is 0 Å². The number of nitrogens with one attached hydrogen (secondary N) is 2. The Hall–Kier alpha value is -3.14. The number of amides is 2. The number of hydrogen-bond donors (Lipinski definition) is 2. The molecule has 0 bridgehead atoms. The number of rotatable bonds is 9. The van der Waals surface area contributed by atoms with Crippen molar-refractivity contribution in [1.82, 2.24) is 25.1 Å². The van der Waals surface area contributed by atoms with Crippen LogP contribution in [0.4, 0.5) is 11.5 Å². The number of thioether (sulfide) groups is 1. The Balaban J connectivity index is 1.38. The number of para-hydroxylation sites is 1. The summed E-state index contributed by atoms with van der Waals surface area (Å²) in [6.07, 6.45) is 4.91. The van der Waals surface area contributed by atoms with Crippen LogP contribution in [0.1, 0.15) is 19.8 Å². The van der Waals surface area contributed by atoms with E-state index in [4.69, 9.17) is 0 Å². The highest BCUT2D eigenvalue weighted by Gasteiger charge is 2.34. The summed E-state index contributed by atoms with van der Waals surface area (Å²) in [7, 11) is 0. The summed E-state index contributed by atoms with van der Waals surface area (Å²) in [5.41, 5.74) is 1.57. The van der Waals surface area contributed by atoms with Gasteiger partial charge in [0.2, 0.25) is 11.8 Å². The maximum absolute atomic E-state index is 12.7. The Kier molecular flexibility index (Phi) is 6.89. The molecular formula is C22H27N7O2S. The fourth-order valence-electron chi connectivity index (χ4n) is 3.74. The number of hydrogen-bond acceptors (Lipinski definition) is 7. The fourth-order valence-corrected chi connectivity index (χ4v) is 4.10. The van der Waals surface area contributed by atoms with E-state index in [9.17, 15) is 9.59 Å². The summed E-state index contributed by atoms with van der Waals surface area (Å²) in [5.74, 6) is 0.287. The second-order valence-electron chi connectivity index (χ2n) is 7.62. The minimum absolute atomic E-state index is 0.0252. The van der Waals surface area contributed by atoms with Crippen LogP contribution in [0, 0.1) is 5.92 Å². The molecule has 1 fully saturated rings. The first-order valence-electron chi connectivity index (χ1n) is 10.7. The molecule has 1 atom stereocenters. The van der Waals surface area contributed by atoms with Crippen molar-refractivity contribution in [2.45, 2.75) is 31.5 Å². The lowest BCUT2D eigenvalue weighted by Gasteiger charge is -2.16. The number of fused-ring (bicyclic) bond motifs is 1. The van der Waals surface area contributed by atoms with Crippen molar-refractivity contribution in [2.24, 2.45) is 5.92 Å². The molecule has 9 nitrogen and oxygen atoms in total. The van der Waals surface area contributed by atoms with Gasteiger partial charge < -0.3 is 15.5 Å². The Morgan fingerprint density at radius 3 is 2.78 bits per heavy atom. The smallest absolute Gasteiger partial charge is 0.227 e. The lowest BCUT2D eigenvalue weighted by Crippen LogP contribution is -2.35. The first-order valence-corrected chi connectivity index (χ1v) is 12.0. The summed E-state index contributed by atoms with van der Waals surface area (Å²) in [6.45, 7) is 4.21. The molecule has 1 saturated heterocycles. The molecule has 2 N–H and O–H groups in total. The van der Waals surface area contributed by atoms with Crippen molar-refractivity contribution in [1.29, 1.82) is 0 Å². The molecule has 0 spiro atoms. The monoisotopic (exact) mass is 453 g/mol. The van der Waals surface area contributed by atoms with Crippen molar-refractivity contribution in [2.75, 3.05) is 36.1 Å². The standard InChI is InChI=1S/C22H27N7O2S/c1-3-9-23-19-17-13-25-29(20(17)27-22(26-19)32-2)11-10-24-21(31)15-12-18(30)28(14-15)16-7-5-4-6-8-16/h4-8,13,15H,3,9-12,14H2,1-2H3,(H,24,31)(H,23,26,27). The van der Waals surface area contributed by atoms with Crippen LogP contribution in [0.5, 0.6) is 0 Å².